The van der Waals surface area contributed by atoms with Crippen molar-refractivity contribution < 1.29 is 9.59 Å². The number of carbonyl (C=O) groups is 2. The number of hydrogen-bond donors (Lipinski definition) is 2. The second-order valence-corrected chi connectivity index (χ2v) is 7.76. The molecule has 0 radical (unpaired) electrons. The first-order chi connectivity index (χ1) is 15.1. The van der Waals surface area contributed by atoms with Crippen LogP contribution < -0.4 is 15.5 Å². The minimum absolute atomic E-state index is 0.0923. The van der Waals surface area contributed by atoms with Crippen molar-refractivity contribution >= 4 is 23.3 Å². The third-order valence-electron chi connectivity index (χ3n) is 5.66. The van der Waals surface area contributed by atoms with Gasteiger partial charge in [-0.25, -0.2) is 4.79 Å². The van der Waals surface area contributed by atoms with Crippen molar-refractivity contribution in [2.24, 2.45) is 0 Å². The van der Waals surface area contributed by atoms with Crippen LogP contribution in [-0.2, 0) is 24.1 Å². The fourth-order valence-electron chi connectivity index (χ4n) is 3.95. The number of nitrogens with one attached hydrogen (secondary N) is 2. The highest BCUT2D eigenvalue weighted by molar-refractivity contribution is 6.02. The van der Waals surface area contributed by atoms with Crippen molar-refractivity contribution in [2.75, 3.05) is 16.8 Å². The average molecular weight is 414 g/mol. The van der Waals surface area contributed by atoms with E-state index in [4.69, 9.17) is 0 Å². The van der Waals surface area contributed by atoms with Crippen molar-refractivity contribution in [1.29, 1.82) is 0 Å². The number of nitrogens with zero attached hydrogens (tertiary/aromatic N) is 1. The van der Waals surface area contributed by atoms with Gasteiger partial charge in [-0.15, -0.1) is 0 Å². The molecule has 3 amide bonds. The highest BCUT2D eigenvalue weighted by Crippen LogP contribution is 2.28. The van der Waals surface area contributed by atoms with Gasteiger partial charge in [0, 0.05) is 24.3 Å². The Morgan fingerprint density at radius 1 is 0.903 bits per heavy atom. The van der Waals surface area contributed by atoms with Crippen molar-refractivity contribution in [3.05, 3.63) is 95.6 Å². The third kappa shape index (κ3) is 4.94. The molecule has 0 saturated heterocycles. The first-order valence-electron chi connectivity index (χ1n) is 10.7. The Balaban J connectivity index is 1.51. The Bertz CT molecular complexity index is 1050. The number of rotatable bonds is 6. The zero-order valence-corrected chi connectivity index (χ0v) is 17.7. The fourth-order valence-corrected chi connectivity index (χ4v) is 3.95. The number of aryl methyl sites for hydroxylation is 1. The summed E-state index contributed by atoms with van der Waals surface area (Å²) in [5.74, 6) is -0.0923. The van der Waals surface area contributed by atoms with Crippen LogP contribution in [-0.4, -0.2) is 24.5 Å². The molecule has 0 fully saturated rings. The zero-order chi connectivity index (χ0) is 21.6. The molecule has 5 heteroatoms. The highest BCUT2D eigenvalue weighted by Gasteiger charge is 2.31. The van der Waals surface area contributed by atoms with E-state index in [1.807, 2.05) is 72.8 Å². The van der Waals surface area contributed by atoms with E-state index in [0.717, 1.165) is 29.7 Å². The number of fused-ring (bicyclic) bond motifs is 1. The van der Waals surface area contributed by atoms with E-state index in [0.29, 0.717) is 18.7 Å². The molecule has 0 aliphatic carbocycles. The molecule has 1 aliphatic heterocycles. The van der Waals surface area contributed by atoms with Crippen molar-refractivity contribution in [3.63, 3.8) is 0 Å². The molecule has 0 spiro atoms. The molecule has 3 aromatic carbocycles. The Hall–Kier alpha value is -3.60. The summed E-state index contributed by atoms with van der Waals surface area (Å²) in [5, 5.41) is 5.76. The van der Waals surface area contributed by atoms with Gasteiger partial charge < -0.3 is 15.5 Å². The Morgan fingerprint density at radius 2 is 1.61 bits per heavy atom. The Morgan fingerprint density at radius 3 is 2.35 bits per heavy atom. The zero-order valence-electron chi connectivity index (χ0n) is 17.7. The van der Waals surface area contributed by atoms with Crippen LogP contribution in [0.1, 0.15) is 23.6 Å². The normalized spacial score (nSPS) is 13.4. The molecule has 4 rings (SSSR count). The topological polar surface area (TPSA) is 61.4 Å². The van der Waals surface area contributed by atoms with Crippen LogP contribution in [0.4, 0.5) is 16.2 Å². The van der Waals surface area contributed by atoms with Crippen molar-refractivity contribution in [2.45, 2.75) is 32.2 Å². The summed E-state index contributed by atoms with van der Waals surface area (Å²) in [6.45, 7) is 2.72. The van der Waals surface area contributed by atoms with Gasteiger partial charge in [-0.05, 0) is 47.7 Å². The molecule has 158 valence electrons. The number of amides is 3. The van der Waals surface area contributed by atoms with Crippen LogP contribution in [0.2, 0.25) is 0 Å². The summed E-state index contributed by atoms with van der Waals surface area (Å²) < 4.78 is 0. The number of anilines is 2. The van der Waals surface area contributed by atoms with Gasteiger partial charge in [0.1, 0.15) is 6.04 Å². The summed E-state index contributed by atoms with van der Waals surface area (Å²) >= 11 is 0. The minimum Gasteiger partial charge on any atom is -0.326 e. The molecule has 3 aromatic rings. The second kappa shape index (κ2) is 9.47. The predicted molar refractivity (Wildman–Crippen MR) is 124 cm³/mol. The van der Waals surface area contributed by atoms with Crippen LogP contribution in [0.15, 0.2) is 78.9 Å². The highest BCUT2D eigenvalue weighted by atomic mass is 16.2. The molecule has 2 N–H and O–H groups in total. The Labute approximate surface area is 183 Å². The molecule has 1 unspecified atom stereocenters. The molecule has 31 heavy (non-hydrogen) atoms. The molecule has 0 aromatic heterocycles. The average Bonchev–Trinajstić information content (AvgIpc) is 3.23. The van der Waals surface area contributed by atoms with Crippen LogP contribution >= 0.6 is 0 Å². The van der Waals surface area contributed by atoms with E-state index in [-0.39, 0.29) is 11.9 Å². The standard InChI is InChI=1S/C26H27N3O2/c1-2-19-12-14-22(15-13-19)27-26(31)28-23(18-20-8-4-3-5-9-20)25(30)29-17-16-21-10-6-7-11-24(21)29/h3-15,23H,2,16-18H2,1H3,(H2,27,28,31). The predicted octanol–water partition coefficient (Wildman–Crippen LogP) is 4.57. The van der Waals surface area contributed by atoms with E-state index in [1.54, 1.807) is 4.90 Å². The molecule has 0 bridgehead atoms. The maximum absolute atomic E-state index is 13.5. The van der Waals surface area contributed by atoms with Gasteiger partial charge >= 0.3 is 6.03 Å². The first kappa shape index (κ1) is 20.7. The second-order valence-electron chi connectivity index (χ2n) is 7.76. The van der Waals surface area contributed by atoms with E-state index >= 15 is 0 Å². The maximum atomic E-state index is 13.5. The lowest BCUT2D eigenvalue weighted by Gasteiger charge is -2.25. The molecule has 0 saturated carbocycles. The number of carbonyl (C=O) groups excluding carboxylic acids is 2. The number of hydrogen-bond acceptors (Lipinski definition) is 2. The van der Waals surface area contributed by atoms with E-state index < -0.39 is 6.04 Å². The van der Waals surface area contributed by atoms with Crippen LogP contribution in [0.3, 0.4) is 0 Å². The number of para-hydroxylation sites is 1. The van der Waals surface area contributed by atoms with Gasteiger partial charge in [0.15, 0.2) is 0 Å². The SMILES string of the molecule is CCc1ccc(NC(=O)NC(Cc2ccccc2)C(=O)N2CCc3ccccc32)cc1. The molecule has 1 aliphatic rings. The summed E-state index contributed by atoms with van der Waals surface area (Å²) in [6.07, 6.45) is 2.20. The summed E-state index contributed by atoms with van der Waals surface area (Å²) in [6, 6.07) is 24.4. The van der Waals surface area contributed by atoms with Crippen LogP contribution in [0.25, 0.3) is 0 Å². The third-order valence-corrected chi connectivity index (χ3v) is 5.66. The summed E-state index contributed by atoms with van der Waals surface area (Å²) in [4.78, 5) is 28.0. The van der Waals surface area contributed by atoms with Gasteiger partial charge in [-0.3, -0.25) is 4.79 Å². The molecular formula is C26H27N3O2. The fraction of sp³-hybridized carbons (Fsp3) is 0.231. The smallest absolute Gasteiger partial charge is 0.319 e. The van der Waals surface area contributed by atoms with Gasteiger partial charge in [-0.2, -0.15) is 0 Å². The van der Waals surface area contributed by atoms with Gasteiger partial charge in [0.05, 0.1) is 0 Å². The van der Waals surface area contributed by atoms with Crippen LogP contribution in [0, 0.1) is 0 Å². The van der Waals surface area contributed by atoms with E-state index in [1.165, 1.54) is 5.56 Å². The largest absolute Gasteiger partial charge is 0.326 e. The van der Waals surface area contributed by atoms with E-state index in [2.05, 4.69) is 23.6 Å². The molecule has 1 heterocycles. The molecular weight excluding hydrogens is 386 g/mol. The quantitative estimate of drug-likeness (QED) is 0.622. The van der Waals surface area contributed by atoms with Gasteiger partial charge in [-0.1, -0.05) is 67.6 Å². The Kier molecular flexibility index (Phi) is 6.32. The molecule has 5 nitrogen and oxygen atoms in total. The maximum Gasteiger partial charge on any atom is 0.319 e. The van der Waals surface area contributed by atoms with Crippen molar-refractivity contribution in [3.8, 4) is 0 Å². The molecule has 1 atom stereocenters. The van der Waals surface area contributed by atoms with Crippen LogP contribution in [0.5, 0.6) is 0 Å². The summed E-state index contributed by atoms with van der Waals surface area (Å²) in [7, 11) is 0. The van der Waals surface area contributed by atoms with Gasteiger partial charge in [0.2, 0.25) is 5.91 Å². The minimum atomic E-state index is -0.663. The van der Waals surface area contributed by atoms with Gasteiger partial charge in [0.25, 0.3) is 0 Å². The lowest BCUT2D eigenvalue weighted by molar-refractivity contribution is -0.120. The first-order valence-corrected chi connectivity index (χ1v) is 10.7. The monoisotopic (exact) mass is 413 g/mol. The van der Waals surface area contributed by atoms with Crippen molar-refractivity contribution in [1.82, 2.24) is 5.32 Å². The lowest BCUT2D eigenvalue weighted by Crippen LogP contribution is -2.50. The lowest BCUT2D eigenvalue weighted by atomic mass is 10.0. The van der Waals surface area contributed by atoms with E-state index in [9.17, 15) is 9.59 Å². The number of benzene rings is 3. The summed E-state index contributed by atoms with van der Waals surface area (Å²) in [5.41, 5.74) is 5.00. The number of urea groups is 1.